The van der Waals surface area contributed by atoms with Crippen molar-refractivity contribution in [2.75, 3.05) is 6.61 Å². The Morgan fingerprint density at radius 2 is 2.15 bits per heavy atom. The van der Waals surface area contributed by atoms with Gasteiger partial charge in [0.25, 0.3) is 0 Å². The fourth-order valence-corrected chi connectivity index (χ4v) is 2.96. The van der Waals surface area contributed by atoms with Crippen LogP contribution in [0.2, 0.25) is 25.7 Å². The van der Waals surface area contributed by atoms with Crippen molar-refractivity contribution >= 4 is 14.0 Å². The van der Waals surface area contributed by atoms with Crippen molar-refractivity contribution in [2.45, 2.75) is 32.6 Å². The first-order valence-corrected chi connectivity index (χ1v) is 8.52. The minimum absolute atomic E-state index is 0.0340. The number of hydrogen-bond acceptors (Lipinski definition) is 2. The highest BCUT2D eigenvalue weighted by Crippen LogP contribution is 2.36. The van der Waals surface area contributed by atoms with Gasteiger partial charge in [-0.05, 0) is 13.0 Å². The van der Waals surface area contributed by atoms with E-state index < -0.39 is 8.07 Å². The molecule has 0 bridgehead atoms. The fourth-order valence-electron chi connectivity index (χ4n) is 1.40. The Hall–Kier alpha value is -0.573. The Morgan fingerprint density at radius 3 is 2.62 bits per heavy atom. The molecule has 0 spiro atoms. The topological polar surface area (TPSA) is 26.3 Å². The lowest BCUT2D eigenvalue weighted by Gasteiger charge is -2.13. The molecule has 0 aromatic rings. The summed E-state index contributed by atoms with van der Waals surface area (Å²) in [5.74, 6) is -0.0255. The summed E-state index contributed by atoms with van der Waals surface area (Å²) >= 11 is 0. The highest BCUT2D eigenvalue weighted by Gasteiger charge is 2.35. The second-order valence-corrected chi connectivity index (χ2v) is 10.2. The number of ether oxygens (including phenoxy) is 1. The maximum absolute atomic E-state index is 11.2. The van der Waals surface area contributed by atoms with Gasteiger partial charge in [0, 0.05) is 8.07 Å². The van der Waals surface area contributed by atoms with Gasteiger partial charge in [-0.2, -0.15) is 0 Å². The third-order valence-corrected chi connectivity index (χ3v) is 3.41. The van der Waals surface area contributed by atoms with Crippen molar-refractivity contribution in [3.05, 3.63) is 11.6 Å². The molecule has 0 aromatic carbocycles. The van der Waals surface area contributed by atoms with Gasteiger partial charge >= 0.3 is 5.97 Å². The zero-order valence-corrected chi connectivity index (χ0v) is 9.89. The van der Waals surface area contributed by atoms with Crippen LogP contribution in [-0.2, 0) is 9.53 Å². The van der Waals surface area contributed by atoms with Gasteiger partial charge in [0.15, 0.2) is 0 Å². The van der Waals surface area contributed by atoms with Crippen molar-refractivity contribution in [1.29, 1.82) is 0 Å². The monoisotopic (exact) mass is 198 g/mol. The van der Waals surface area contributed by atoms with Gasteiger partial charge < -0.3 is 4.74 Å². The van der Waals surface area contributed by atoms with E-state index in [1.165, 1.54) is 5.57 Å². The molecule has 13 heavy (non-hydrogen) atoms. The number of carbonyl (C=O) groups excluding carboxylic acids is 1. The molecule has 0 fully saturated rings. The van der Waals surface area contributed by atoms with Gasteiger partial charge in [0.2, 0.25) is 0 Å². The van der Waals surface area contributed by atoms with Crippen LogP contribution in [0.4, 0.5) is 0 Å². The third kappa shape index (κ3) is 3.34. The lowest BCUT2D eigenvalue weighted by atomic mass is 10.3. The maximum Gasteiger partial charge on any atom is 0.316 e. The number of esters is 1. The van der Waals surface area contributed by atoms with Crippen LogP contribution in [0.1, 0.15) is 6.92 Å². The molecule has 1 rings (SSSR count). The fraction of sp³-hybridized carbons (Fsp3) is 0.700. The van der Waals surface area contributed by atoms with Crippen LogP contribution in [0.3, 0.4) is 0 Å². The van der Waals surface area contributed by atoms with Gasteiger partial charge in [0.05, 0.1) is 12.5 Å². The minimum Gasteiger partial charge on any atom is -0.465 e. The van der Waals surface area contributed by atoms with E-state index in [9.17, 15) is 4.79 Å². The molecule has 0 saturated heterocycles. The van der Waals surface area contributed by atoms with Crippen LogP contribution in [-0.4, -0.2) is 20.7 Å². The lowest BCUT2D eigenvalue weighted by Crippen LogP contribution is -2.20. The molecule has 74 valence electrons. The first-order valence-electron chi connectivity index (χ1n) is 4.81. The van der Waals surface area contributed by atoms with Crippen molar-refractivity contribution in [3.63, 3.8) is 0 Å². The van der Waals surface area contributed by atoms with Gasteiger partial charge in [-0.1, -0.05) is 31.3 Å². The quantitative estimate of drug-likeness (QED) is 0.394. The summed E-state index contributed by atoms with van der Waals surface area (Å²) in [5.41, 5.74) is 1.30. The molecule has 3 heteroatoms. The molecule has 0 N–H and O–H groups in total. The van der Waals surface area contributed by atoms with E-state index in [0.717, 1.165) is 6.04 Å². The van der Waals surface area contributed by atoms with Crippen LogP contribution in [0, 0.1) is 5.92 Å². The third-order valence-electron chi connectivity index (χ3n) is 1.95. The zero-order chi connectivity index (χ0) is 10.1. The van der Waals surface area contributed by atoms with Gasteiger partial charge in [-0.3, -0.25) is 4.79 Å². The predicted molar refractivity (Wildman–Crippen MR) is 56.4 cm³/mol. The highest BCUT2D eigenvalue weighted by molar-refractivity contribution is 6.76. The first kappa shape index (κ1) is 10.5. The summed E-state index contributed by atoms with van der Waals surface area (Å²) in [4.78, 5) is 11.2. The maximum atomic E-state index is 11.2. The number of rotatable bonds is 4. The largest absolute Gasteiger partial charge is 0.465 e. The molecule has 0 aliphatic heterocycles. The zero-order valence-electron chi connectivity index (χ0n) is 8.89. The van der Waals surface area contributed by atoms with E-state index in [1.807, 2.05) is 13.0 Å². The Labute approximate surface area is 81.0 Å². The van der Waals surface area contributed by atoms with E-state index in [2.05, 4.69) is 19.6 Å². The van der Waals surface area contributed by atoms with Crippen LogP contribution >= 0.6 is 0 Å². The lowest BCUT2D eigenvalue weighted by molar-refractivity contribution is -0.143. The van der Waals surface area contributed by atoms with Crippen LogP contribution in [0.25, 0.3) is 0 Å². The molecule has 0 heterocycles. The minimum atomic E-state index is -1.04. The second kappa shape index (κ2) is 3.66. The van der Waals surface area contributed by atoms with E-state index in [-0.39, 0.29) is 11.9 Å². The summed E-state index contributed by atoms with van der Waals surface area (Å²) in [5, 5.41) is 0. The Morgan fingerprint density at radius 1 is 1.54 bits per heavy atom. The molecule has 0 aromatic heterocycles. The molecule has 2 nitrogen and oxygen atoms in total. The summed E-state index contributed by atoms with van der Waals surface area (Å²) in [6.07, 6.45) is 2.04. The second-order valence-electron chi connectivity index (χ2n) is 4.71. The molecule has 1 aliphatic carbocycles. The molecular formula is C10H18O2Si. The summed E-state index contributed by atoms with van der Waals surface area (Å²) in [7, 11) is -1.04. The summed E-state index contributed by atoms with van der Waals surface area (Å²) in [6, 6.07) is 1.14. The molecule has 1 aliphatic rings. The molecule has 0 saturated carbocycles. The molecule has 0 radical (unpaired) electrons. The van der Waals surface area contributed by atoms with E-state index in [4.69, 9.17) is 4.74 Å². The van der Waals surface area contributed by atoms with Crippen molar-refractivity contribution in [2.24, 2.45) is 5.92 Å². The van der Waals surface area contributed by atoms with Crippen LogP contribution in [0.15, 0.2) is 11.6 Å². The van der Waals surface area contributed by atoms with Crippen LogP contribution in [0.5, 0.6) is 0 Å². The Bertz CT molecular complexity index is 238. The van der Waals surface area contributed by atoms with E-state index >= 15 is 0 Å². The average Bonchev–Trinajstić information content (AvgIpc) is 2.64. The van der Waals surface area contributed by atoms with Gasteiger partial charge in [-0.25, -0.2) is 0 Å². The summed E-state index contributed by atoms with van der Waals surface area (Å²) < 4.78 is 4.93. The average molecular weight is 198 g/mol. The first-order chi connectivity index (χ1) is 5.94. The molecule has 1 atom stereocenters. The van der Waals surface area contributed by atoms with Crippen molar-refractivity contribution in [3.8, 4) is 0 Å². The van der Waals surface area contributed by atoms with Gasteiger partial charge in [0.1, 0.15) is 0 Å². The SMILES string of the molecule is CCOC(=O)[C@H]1C=C1C[Si](C)(C)C. The smallest absolute Gasteiger partial charge is 0.316 e. The normalized spacial score (nSPS) is 20.9. The van der Waals surface area contributed by atoms with Crippen LogP contribution < -0.4 is 0 Å². The van der Waals surface area contributed by atoms with Crippen molar-refractivity contribution < 1.29 is 9.53 Å². The standard InChI is InChI=1S/C10H18O2Si/c1-5-12-10(11)9-6-8(9)7-13(2,3)4/h6,9H,5,7H2,1-4H3/t9-/m0/s1. The summed E-state index contributed by atoms with van der Waals surface area (Å²) in [6.45, 7) is 9.28. The molecule has 0 amide bonds. The Balaban J connectivity index is 2.30. The predicted octanol–water partition coefficient (Wildman–Crippen LogP) is 2.44. The van der Waals surface area contributed by atoms with E-state index in [1.54, 1.807) is 0 Å². The molecule has 0 unspecified atom stereocenters. The number of hydrogen-bond donors (Lipinski definition) is 0. The highest BCUT2D eigenvalue weighted by atomic mass is 28.3. The van der Waals surface area contributed by atoms with E-state index in [0.29, 0.717) is 6.61 Å². The van der Waals surface area contributed by atoms with Gasteiger partial charge in [-0.15, -0.1) is 0 Å². The number of carbonyl (C=O) groups is 1. The molecular weight excluding hydrogens is 180 g/mol. The van der Waals surface area contributed by atoms with Crippen molar-refractivity contribution in [1.82, 2.24) is 0 Å². The Kier molecular flexibility index (Phi) is 2.96.